The van der Waals surface area contributed by atoms with Gasteiger partial charge < -0.3 is 33.5 Å². The fraction of sp³-hybridized carbons (Fsp3) is 0.487. The van der Waals surface area contributed by atoms with Gasteiger partial charge in [-0.25, -0.2) is 4.79 Å². The lowest BCUT2D eigenvalue weighted by atomic mass is 9.60. The Morgan fingerprint density at radius 2 is 1.33 bits per heavy atom. The number of aliphatic hydroxyl groups is 1. The molecule has 13 heteroatoms. The van der Waals surface area contributed by atoms with Crippen molar-refractivity contribution in [3.05, 3.63) is 76.1 Å². The molecule has 2 aliphatic carbocycles. The zero-order valence-electron chi connectivity index (χ0n) is 31.1. The van der Waals surface area contributed by atoms with Gasteiger partial charge in [-0.15, -0.1) is 0 Å². The van der Waals surface area contributed by atoms with Gasteiger partial charge in [-0.3, -0.25) is 24.0 Å². The molecule has 3 rings (SSSR count). The maximum Gasteiger partial charge on any atom is 0.331 e. The number of esters is 6. The summed E-state index contributed by atoms with van der Waals surface area (Å²) >= 11 is 0. The molecule has 1 N–H and O–H groups in total. The first-order valence-corrected chi connectivity index (χ1v) is 16.9. The number of ether oxygens (including phenoxy) is 6. The normalized spacial score (nSPS) is 27.2. The third-order valence-electron chi connectivity index (χ3n) is 9.07. The second kappa shape index (κ2) is 17.9. The summed E-state index contributed by atoms with van der Waals surface area (Å²) in [5, 5.41) is 12.0. The van der Waals surface area contributed by atoms with Crippen LogP contribution in [0.1, 0.15) is 80.7 Å². The Labute approximate surface area is 303 Å². The van der Waals surface area contributed by atoms with Gasteiger partial charge in [0.2, 0.25) is 0 Å². The van der Waals surface area contributed by atoms with E-state index < -0.39 is 84.3 Å². The van der Waals surface area contributed by atoms with Crippen molar-refractivity contribution >= 4 is 41.9 Å². The zero-order valence-corrected chi connectivity index (χ0v) is 31.1. The quantitative estimate of drug-likeness (QED) is 0.158. The van der Waals surface area contributed by atoms with E-state index in [4.69, 9.17) is 28.4 Å². The summed E-state index contributed by atoms with van der Waals surface area (Å²) in [5.41, 5.74) is 0.806. The van der Waals surface area contributed by atoms with Gasteiger partial charge in [0.1, 0.15) is 24.9 Å². The fourth-order valence-corrected chi connectivity index (χ4v) is 6.75. The van der Waals surface area contributed by atoms with Crippen LogP contribution in [-0.4, -0.2) is 78.0 Å². The number of hydrogen-bond donors (Lipinski definition) is 1. The Morgan fingerprint density at radius 1 is 0.750 bits per heavy atom. The Bertz CT molecular complexity index is 1660. The maximum absolute atomic E-state index is 13.4. The molecule has 0 unspecified atom stereocenters. The fourth-order valence-electron chi connectivity index (χ4n) is 6.75. The van der Waals surface area contributed by atoms with Crippen molar-refractivity contribution in [3.8, 4) is 0 Å². The molecule has 6 atom stereocenters. The van der Waals surface area contributed by atoms with Crippen LogP contribution in [-0.2, 0) is 57.2 Å². The summed E-state index contributed by atoms with van der Waals surface area (Å²) in [6.45, 7) is 12.3. The molecule has 52 heavy (non-hydrogen) atoms. The van der Waals surface area contributed by atoms with Crippen molar-refractivity contribution in [2.24, 2.45) is 11.3 Å². The first-order valence-electron chi connectivity index (χ1n) is 16.9. The molecule has 0 heterocycles. The number of hydrogen-bond acceptors (Lipinski definition) is 13. The summed E-state index contributed by atoms with van der Waals surface area (Å²) in [7, 11) is 0. The summed E-state index contributed by atoms with van der Waals surface area (Å²) in [4.78, 5) is 75.8. The zero-order chi connectivity index (χ0) is 38.9. The lowest BCUT2D eigenvalue weighted by molar-refractivity contribution is -0.152. The van der Waals surface area contributed by atoms with Crippen LogP contribution >= 0.6 is 0 Å². The average Bonchev–Trinajstić information content (AvgIpc) is 3.03. The number of carbonyl (C=O) groups excluding carboxylic acids is 6. The number of fused-ring (bicyclic) bond motifs is 2. The molecule has 0 spiro atoms. The molecular formula is C39H48O13. The SMILES string of the molecule is CC(=O)OC/C1=C\[C@H](O)[C@@H]2C[C@H](OC(C)=O)C(C)=C([C@@H](OC(C)=O)/C(OC(C)=O)=C(\C)[C@@H](OC(C)=O)C[C@@H]1OC(=O)/C=C/c1ccccc1)C2(C)C. The molecule has 0 aliphatic heterocycles. The number of rotatable bonds is 9. The van der Waals surface area contributed by atoms with Crippen molar-refractivity contribution in [1.82, 2.24) is 0 Å². The first-order chi connectivity index (χ1) is 24.3. The van der Waals surface area contributed by atoms with E-state index in [-0.39, 0.29) is 29.7 Å². The molecule has 0 saturated carbocycles. The molecule has 0 saturated heterocycles. The maximum atomic E-state index is 13.4. The Balaban J connectivity index is 2.42. The van der Waals surface area contributed by atoms with Crippen molar-refractivity contribution < 1.29 is 62.3 Å². The van der Waals surface area contributed by atoms with Crippen LogP contribution in [0.25, 0.3) is 6.08 Å². The van der Waals surface area contributed by atoms with Gasteiger partial charge in [-0.1, -0.05) is 44.2 Å². The lowest BCUT2D eigenvalue weighted by Gasteiger charge is -2.48. The lowest BCUT2D eigenvalue weighted by Crippen LogP contribution is -2.48. The third-order valence-corrected chi connectivity index (χ3v) is 9.07. The third kappa shape index (κ3) is 11.0. The summed E-state index contributed by atoms with van der Waals surface area (Å²) in [6.07, 6.45) is -2.31. The minimum Gasteiger partial charge on any atom is -0.461 e. The van der Waals surface area contributed by atoms with Crippen LogP contribution in [0, 0.1) is 11.3 Å². The summed E-state index contributed by atoms with van der Waals surface area (Å²) < 4.78 is 34.5. The van der Waals surface area contributed by atoms with E-state index in [1.165, 1.54) is 45.9 Å². The first kappa shape index (κ1) is 41.4. The van der Waals surface area contributed by atoms with E-state index in [0.717, 1.165) is 13.8 Å². The second-order valence-corrected chi connectivity index (χ2v) is 13.4. The molecule has 1 aromatic rings. The van der Waals surface area contributed by atoms with Gasteiger partial charge in [0.15, 0.2) is 11.9 Å². The van der Waals surface area contributed by atoms with Gasteiger partial charge in [0.25, 0.3) is 0 Å². The van der Waals surface area contributed by atoms with Crippen molar-refractivity contribution in [1.29, 1.82) is 0 Å². The average molecular weight is 725 g/mol. The predicted octanol–water partition coefficient (Wildman–Crippen LogP) is 4.86. The van der Waals surface area contributed by atoms with Crippen LogP contribution in [0.15, 0.2) is 70.5 Å². The molecule has 2 aliphatic rings. The predicted molar refractivity (Wildman–Crippen MR) is 186 cm³/mol. The highest BCUT2D eigenvalue weighted by molar-refractivity contribution is 5.87. The van der Waals surface area contributed by atoms with E-state index in [1.807, 2.05) is 6.07 Å². The van der Waals surface area contributed by atoms with Crippen LogP contribution < -0.4 is 0 Å². The van der Waals surface area contributed by atoms with E-state index in [1.54, 1.807) is 45.0 Å². The summed E-state index contributed by atoms with van der Waals surface area (Å²) in [6, 6.07) is 8.97. The second-order valence-electron chi connectivity index (χ2n) is 13.4. The van der Waals surface area contributed by atoms with E-state index >= 15 is 0 Å². The van der Waals surface area contributed by atoms with Gasteiger partial charge in [-0.2, -0.15) is 0 Å². The molecule has 13 nitrogen and oxygen atoms in total. The number of benzene rings is 1. The Morgan fingerprint density at radius 3 is 1.87 bits per heavy atom. The number of aliphatic hydroxyl groups excluding tert-OH is 1. The standard InChI is InChI=1S/C39H48O13/c1-21-32(48-24(4)41)18-30-31(45)17-29(20-47-23(3)40)34(52-35(46)16-15-28-13-11-10-12-14-28)19-33(49-25(5)42)22(2)37(50-26(6)43)38(51-27(7)44)36(21)39(30,8)9/h10-17,30-34,38,45H,18-20H2,1-9H3/b16-15+,29-17+,37-22-/t30-,31-,32-,33-,34-,38+/m0/s1. The topological polar surface area (TPSA) is 178 Å². The highest BCUT2D eigenvalue weighted by Crippen LogP contribution is 2.51. The van der Waals surface area contributed by atoms with Gasteiger partial charge in [0, 0.05) is 64.2 Å². The summed E-state index contributed by atoms with van der Waals surface area (Å²) in [5.74, 6) is -5.30. The van der Waals surface area contributed by atoms with Crippen LogP contribution in [0.5, 0.6) is 0 Å². The Hall–Kier alpha value is -5.04. The smallest absolute Gasteiger partial charge is 0.331 e. The van der Waals surface area contributed by atoms with Crippen LogP contribution in [0.4, 0.5) is 0 Å². The minimum absolute atomic E-state index is 0.110. The highest BCUT2D eigenvalue weighted by Gasteiger charge is 2.50. The molecule has 0 amide bonds. The number of carbonyl (C=O) groups is 6. The van der Waals surface area contributed by atoms with E-state index in [9.17, 15) is 33.9 Å². The van der Waals surface area contributed by atoms with Gasteiger partial charge in [-0.05, 0) is 54.5 Å². The van der Waals surface area contributed by atoms with Crippen molar-refractivity contribution in [2.75, 3.05) is 6.61 Å². The van der Waals surface area contributed by atoms with E-state index in [2.05, 4.69) is 0 Å². The van der Waals surface area contributed by atoms with Crippen molar-refractivity contribution in [2.45, 2.75) is 106 Å². The van der Waals surface area contributed by atoms with Crippen LogP contribution in [0.2, 0.25) is 0 Å². The largest absolute Gasteiger partial charge is 0.461 e. The molecule has 0 fully saturated rings. The minimum atomic E-state index is -1.42. The van der Waals surface area contributed by atoms with E-state index in [0.29, 0.717) is 16.7 Å². The van der Waals surface area contributed by atoms with Crippen LogP contribution in [0.3, 0.4) is 0 Å². The molecule has 0 aromatic heterocycles. The van der Waals surface area contributed by atoms with Gasteiger partial charge in [0.05, 0.1) is 6.10 Å². The molecular weight excluding hydrogens is 676 g/mol. The monoisotopic (exact) mass is 724 g/mol. The molecule has 2 bridgehead atoms. The molecule has 0 radical (unpaired) electrons. The van der Waals surface area contributed by atoms with Gasteiger partial charge >= 0.3 is 35.8 Å². The Kier molecular flexibility index (Phi) is 14.3. The highest BCUT2D eigenvalue weighted by atomic mass is 16.6. The van der Waals surface area contributed by atoms with Crippen molar-refractivity contribution in [3.63, 3.8) is 0 Å². The molecule has 1 aromatic carbocycles. The molecule has 282 valence electrons.